The van der Waals surface area contributed by atoms with Crippen LogP contribution in [0, 0.1) is 0 Å². The Morgan fingerprint density at radius 1 is 1.09 bits per heavy atom. The van der Waals surface area contributed by atoms with E-state index in [-0.39, 0.29) is 10.3 Å². The molecule has 1 spiro atoms. The lowest BCUT2D eigenvalue weighted by molar-refractivity contribution is 0.232. The number of H-pyrrole nitrogens is 1. The van der Waals surface area contributed by atoms with Gasteiger partial charge in [-0.1, -0.05) is 11.6 Å². The fourth-order valence-corrected chi connectivity index (χ4v) is 6.63. The predicted octanol–water partition coefficient (Wildman–Crippen LogP) is 3.60. The fourth-order valence-electron chi connectivity index (χ4n) is 5.02. The number of hydrogen-bond acceptors (Lipinski definition) is 5. The van der Waals surface area contributed by atoms with Crippen molar-refractivity contribution in [3.8, 4) is 11.3 Å². The summed E-state index contributed by atoms with van der Waals surface area (Å²) in [5.74, 6) is 0. The van der Waals surface area contributed by atoms with Crippen LogP contribution in [0.25, 0.3) is 22.3 Å². The van der Waals surface area contributed by atoms with Gasteiger partial charge in [0.15, 0.2) is 0 Å². The summed E-state index contributed by atoms with van der Waals surface area (Å²) >= 11 is 6.26. The number of sulfonamides is 1. The average molecular weight is 469 g/mol. The molecule has 0 saturated carbocycles. The highest BCUT2D eigenvalue weighted by molar-refractivity contribution is 7.89. The number of nitrogens with zero attached hydrogens (tertiary/aromatic N) is 5. The Bertz CT molecular complexity index is 1420. The Kier molecular flexibility index (Phi) is 4.43. The molecule has 0 aliphatic carbocycles. The van der Waals surface area contributed by atoms with Gasteiger partial charge in [-0.05, 0) is 43.5 Å². The molecule has 0 atom stereocenters. The van der Waals surface area contributed by atoms with Crippen LogP contribution < -0.4 is 0 Å². The molecule has 4 aromatic heterocycles. The van der Waals surface area contributed by atoms with Crippen molar-refractivity contribution in [1.82, 2.24) is 29.0 Å². The lowest BCUT2D eigenvalue weighted by atomic mass is 9.75. The second kappa shape index (κ2) is 7.13. The third-order valence-electron chi connectivity index (χ3n) is 6.85. The first kappa shape index (κ1) is 19.9. The van der Waals surface area contributed by atoms with Crippen molar-refractivity contribution < 1.29 is 8.42 Å². The smallest absolute Gasteiger partial charge is 0.244 e. The fraction of sp³-hybridized carbons (Fsp3) is 0.318. The Labute approximate surface area is 190 Å². The van der Waals surface area contributed by atoms with Crippen LogP contribution in [0.15, 0.2) is 53.9 Å². The van der Waals surface area contributed by atoms with E-state index in [2.05, 4.69) is 25.7 Å². The summed E-state index contributed by atoms with van der Waals surface area (Å²) in [7, 11) is -3.52. The molecule has 4 aromatic rings. The number of fused-ring (bicyclic) bond motifs is 3. The van der Waals surface area contributed by atoms with Crippen LogP contribution in [-0.4, -0.2) is 50.5 Å². The Hall–Kier alpha value is -2.75. The van der Waals surface area contributed by atoms with E-state index in [0.29, 0.717) is 18.1 Å². The van der Waals surface area contributed by atoms with Gasteiger partial charge in [-0.2, -0.15) is 9.40 Å². The number of hydrogen-bond donors (Lipinski definition) is 1. The molecule has 10 heteroatoms. The number of nitrogens with one attached hydrogen (secondary N) is 1. The van der Waals surface area contributed by atoms with E-state index in [1.165, 1.54) is 11.9 Å². The first-order valence-corrected chi connectivity index (χ1v) is 12.4. The summed E-state index contributed by atoms with van der Waals surface area (Å²) in [6, 6.07) is 7.41. The van der Waals surface area contributed by atoms with E-state index in [4.69, 9.17) is 16.7 Å². The second-order valence-electron chi connectivity index (χ2n) is 8.52. The number of piperidine rings is 1. The summed E-state index contributed by atoms with van der Waals surface area (Å²) < 4.78 is 29.6. The van der Waals surface area contributed by atoms with Crippen molar-refractivity contribution in [1.29, 1.82) is 0 Å². The Morgan fingerprint density at radius 3 is 2.69 bits per heavy atom. The minimum atomic E-state index is -3.52. The highest BCUT2D eigenvalue weighted by atomic mass is 35.5. The first-order chi connectivity index (χ1) is 15.5. The molecule has 164 valence electrons. The van der Waals surface area contributed by atoms with E-state index in [1.807, 2.05) is 12.3 Å². The Balaban J connectivity index is 1.27. The molecule has 8 nitrogen and oxygen atoms in total. The van der Waals surface area contributed by atoms with Crippen LogP contribution in [0.4, 0.5) is 0 Å². The molecule has 2 aliphatic heterocycles. The lowest BCUT2D eigenvalue weighted by Gasteiger charge is -2.38. The minimum absolute atomic E-state index is 0.0462. The molecule has 0 bridgehead atoms. The molecular formula is C22H21ClN6O2S. The van der Waals surface area contributed by atoms with E-state index in [0.717, 1.165) is 48.1 Å². The minimum Gasteiger partial charge on any atom is -0.345 e. The van der Waals surface area contributed by atoms with E-state index < -0.39 is 10.0 Å². The molecular weight excluding hydrogens is 448 g/mol. The summed E-state index contributed by atoms with van der Waals surface area (Å²) in [6.07, 6.45) is 9.08. The van der Waals surface area contributed by atoms with Gasteiger partial charge in [-0.15, -0.1) is 0 Å². The third-order valence-corrected chi connectivity index (χ3v) is 9.05. The van der Waals surface area contributed by atoms with Crippen LogP contribution in [0.1, 0.15) is 25.0 Å². The summed E-state index contributed by atoms with van der Waals surface area (Å²) in [5.41, 5.74) is 3.69. The quantitative estimate of drug-likeness (QED) is 0.495. The van der Waals surface area contributed by atoms with E-state index in [1.54, 1.807) is 28.8 Å². The number of pyridine rings is 2. The molecule has 0 radical (unpaired) electrons. The zero-order valence-electron chi connectivity index (χ0n) is 17.2. The number of aromatic amines is 1. The molecule has 0 aromatic carbocycles. The van der Waals surface area contributed by atoms with Gasteiger partial charge >= 0.3 is 0 Å². The monoisotopic (exact) mass is 468 g/mol. The molecule has 0 unspecified atom stereocenters. The number of aromatic nitrogens is 5. The molecule has 1 N–H and O–H groups in total. The summed E-state index contributed by atoms with van der Waals surface area (Å²) in [5, 5.41) is 6.34. The van der Waals surface area contributed by atoms with Crippen molar-refractivity contribution in [2.45, 2.75) is 36.1 Å². The van der Waals surface area contributed by atoms with Gasteiger partial charge in [0.1, 0.15) is 10.5 Å². The summed E-state index contributed by atoms with van der Waals surface area (Å²) in [6.45, 7) is 1.82. The normalized spacial score (nSPS) is 18.4. The van der Waals surface area contributed by atoms with E-state index in [9.17, 15) is 8.42 Å². The van der Waals surface area contributed by atoms with Crippen molar-refractivity contribution >= 4 is 32.7 Å². The maximum Gasteiger partial charge on any atom is 0.244 e. The SMILES string of the molecule is O=S(=O)(c1cccnc1)N1CCC2(CC1)CCn1nc(-c3cnc4[nH]cc(Cl)c4c3)cc12. The van der Waals surface area contributed by atoms with Crippen LogP contribution >= 0.6 is 11.6 Å². The van der Waals surface area contributed by atoms with Gasteiger partial charge in [0, 0.05) is 66.5 Å². The second-order valence-corrected chi connectivity index (χ2v) is 10.9. The van der Waals surface area contributed by atoms with Crippen molar-refractivity contribution in [2.24, 2.45) is 0 Å². The molecule has 1 saturated heterocycles. The zero-order chi connectivity index (χ0) is 21.9. The predicted molar refractivity (Wildman–Crippen MR) is 121 cm³/mol. The average Bonchev–Trinajstić information content (AvgIpc) is 3.50. The molecule has 1 fully saturated rings. The van der Waals surface area contributed by atoms with Gasteiger partial charge in [0.2, 0.25) is 10.0 Å². The first-order valence-electron chi connectivity index (χ1n) is 10.6. The van der Waals surface area contributed by atoms with Gasteiger partial charge < -0.3 is 4.98 Å². The van der Waals surface area contributed by atoms with Crippen LogP contribution in [-0.2, 0) is 22.0 Å². The van der Waals surface area contributed by atoms with Crippen LogP contribution in [0.3, 0.4) is 0 Å². The Morgan fingerprint density at radius 2 is 1.91 bits per heavy atom. The highest BCUT2D eigenvalue weighted by Crippen LogP contribution is 2.45. The standard InChI is InChI=1S/C22H21ClN6O2S/c23-18-14-26-21-17(18)10-15(12-25-21)19-11-20-22(5-9-29(20)27-19)3-7-28(8-4-22)32(30,31)16-2-1-6-24-13-16/h1-2,6,10-14H,3-5,7-9H2,(H,25,26). The maximum absolute atomic E-state index is 13.0. The number of rotatable bonds is 3. The van der Waals surface area contributed by atoms with Gasteiger partial charge in [0.05, 0.1) is 10.7 Å². The lowest BCUT2D eigenvalue weighted by Crippen LogP contribution is -2.44. The summed E-state index contributed by atoms with van der Waals surface area (Å²) in [4.78, 5) is 11.7. The van der Waals surface area contributed by atoms with Crippen LogP contribution in [0.5, 0.6) is 0 Å². The van der Waals surface area contributed by atoms with Gasteiger partial charge in [0.25, 0.3) is 0 Å². The molecule has 6 rings (SSSR count). The van der Waals surface area contributed by atoms with Crippen LogP contribution in [0.2, 0.25) is 5.02 Å². The number of halogens is 1. The van der Waals surface area contributed by atoms with Crippen molar-refractivity contribution in [3.63, 3.8) is 0 Å². The van der Waals surface area contributed by atoms with Crippen molar-refractivity contribution in [3.05, 3.63) is 59.8 Å². The molecule has 0 amide bonds. The largest absolute Gasteiger partial charge is 0.345 e. The number of aryl methyl sites for hydroxylation is 1. The zero-order valence-corrected chi connectivity index (χ0v) is 18.8. The van der Waals surface area contributed by atoms with E-state index >= 15 is 0 Å². The highest BCUT2D eigenvalue weighted by Gasteiger charge is 2.45. The molecule has 2 aliphatic rings. The van der Waals surface area contributed by atoms with Crippen molar-refractivity contribution in [2.75, 3.05) is 13.1 Å². The molecule has 6 heterocycles. The van der Waals surface area contributed by atoms with Gasteiger partial charge in [-0.3, -0.25) is 9.67 Å². The maximum atomic E-state index is 13.0. The van der Waals surface area contributed by atoms with Gasteiger partial charge in [-0.25, -0.2) is 13.4 Å². The third kappa shape index (κ3) is 2.99. The molecule has 32 heavy (non-hydrogen) atoms. The topological polar surface area (TPSA) is 96.8 Å².